The summed E-state index contributed by atoms with van der Waals surface area (Å²) in [6, 6.07) is 5.06. The monoisotopic (exact) mass is 374 g/mol. The number of carbonyl (C=O) groups excluding carboxylic acids is 2. The Morgan fingerprint density at radius 3 is 2.88 bits per heavy atom. The Hall–Kier alpha value is -1.50. The molecule has 132 valence electrons. The number of amides is 2. The van der Waals surface area contributed by atoms with E-state index in [1.807, 2.05) is 6.07 Å². The zero-order valence-corrected chi connectivity index (χ0v) is 14.9. The summed E-state index contributed by atoms with van der Waals surface area (Å²) < 4.78 is 10.5. The van der Waals surface area contributed by atoms with Gasteiger partial charge >= 0.3 is 12.0 Å². The van der Waals surface area contributed by atoms with Crippen LogP contribution in [0.5, 0.6) is 0 Å². The van der Waals surface area contributed by atoms with Crippen molar-refractivity contribution in [3.05, 3.63) is 33.8 Å². The standard InChI is InChI=1S/C16H20Cl2N2O4/c1-2-23-15(21)5-6-19-16(22)20-7-8-24-14(10-20)11-3-4-12(17)13(18)9-11/h3-4,9,14H,2,5-8,10H2,1H3,(H,19,22)/t14-/m0/s1. The number of esters is 1. The third-order valence-electron chi connectivity index (χ3n) is 3.58. The molecule has 8 heteroatoms. The van der Waals surface area contributed by atoms with Crippen molar-refractivity contribution in [2.45, 2.75) is 19.4 Å². The maximum atomic E-state index is 12.2. The van der Waals surface area contributed by atoms with Crippen molar-refractivity contribution in [2.24, 2.45) is 0 Å². The Bertz CT molecular complexity index is 597. The van der Waals surface area contributed by atoms with Crippen molar-refractivity contribution in [3.8, 4) is 0 Å². The molecule has 1 aliphatic rings. The Morgan fingerprint density at radius 2 is 2.17 bits per heavy atom. The zero-order valence-electron chi connectivity index (χ0n) is 13.4. The van der Waals surface area contributed by atoms with Crippen LogP contribution in [0, 0.1) is 0 Å². The maximum absolute atomic E-state index is 12.2. The quantitative estimate of drug-likeness (QED) is 0.804. The lowest BCUT2D eigenvalue weighted by Gasteiger charge is -2.33. The largest absolute Gasteiger partial charge is 0.466 e. The van der Waals surface area contributed by atoms with Crippen LogP contribution in [0.4, 0.5) is 4.79 Å². The number of urea groups is 1. The van der Waals surface area contributed by atoms with Crippen molar-refractivity contribution < 1.29 is 19.1 Å². The second-order valence-corrected chi connectivity index (χ2v) is 6.08. The fourth-order valence-electron chi connectivity index (χ4n) is 2.36. The van der Waals surface area contributed by atoms with Gasteiger partial charge in [0.2, 0.25) is 0 Å². The van der Waals surface area contributed by atoms with E-state index >= 15 is 0 Å². The number of nitrogens with one attached hydrogen (secondary N) is 1. The van der Waals surface area contributed by atoms with Crippen molar-refractivity contribution >= 4 is 35.2 Å². The fraction of sp³-hybridized carbons (Fsp3) is 0.500. The molecule has 0 unspecified atom stereocenters. The number of morpholine rings is 1. The minimum absolute atomic E-state index is 0.153. The Morgan fingerprint density at radius 1 is 1.38 bits per heavy atom. The first-order valence-corrected chi connectivity index (χ1v) is 8.51. The van der Waals surface area contributed by atoms with Gasteiger partial charge in [0.1, 0.15) is 6.10 Å². The van der Waals surface area contributed by atoms with Crippen LogP contribution in [0.1, 0.15) is 25.0 Å². The normalized spacial score (nSPS) is 17.5. The van der Waals surface area contributed by atoms with Gasteiger partial charge in [-0.3, -0.25) is 4.79 Å². The molecule has 0 radical (unpaired) electrons. The number of hydrogen-bond donors (Lipinski definition) is 1. The SMILES string of the molecule is CCOC(=O)CCNC(=O)N1CCO[C@H](c2ccc(Cl)c(Cl)c2)C1. The number of halogens is 2. The summed E-state index contributed by atoms with van der Waals surface area (Å²) >= 11 is 12.0. The lowest BCUT2D eigenvalue weighted by atomic mass is 10.1. The molecular formula is C16H20Cl2N2O4. The molecule has 0 saturated carbocycles. The van der Waals surface area contributed by atoms with E-state index in [4.69, 9.17) is 32.7 Å². The summed E-state index contributed by atoms with van der Waals surface area (Å²) in [5.74, 6) is -0.325. The molecule has 1 aliphatic heterocycles. The van der Waals surface area contributed by atoms with E-state index < -0.39 is 0 Å². The second-order valence-electron chi connectivity index (χ2n) is 5.27. The lowest BCUT2D eigenvalue weighted by Crippen LogP contribution is -2.47. The van der Waals surface area contributed by atoms with E-state index in [-0.39, 0.29) is 31.1 Å². The molecule has 1 saturated heterocycles. The van der Waals surface area contributed by atoms with Crippen molar-refractivity contribution in [3.63, 3.8) is 0 Å². The van der Waals surface area contributed by atoms with Crippen LogP contribution in [-0.4, -0.2) is 49.7 Å². The lowest BCUT2D eigenvalue weighted by molar-refractivity contribution is -0.142. The molecule has 1 N–H and O–H groups in total. The molecule has 2 amide bonds. The molecule has 1 fully saturated rings. The van der Waals surface area contributed by atoms with Gasteiger partial charge in [0.05, 0.1) is 36.2 Å². The van der Waals surface area contributed by atoms with E-state index in [9.17, 15) is 9.59 Å². The molecule has 0 spiro atoms. The van der Waals surface area contributed by atoms with Crippen LogP contribution in [0.2, 0.25) is 10.0 Å². The summed E-state index contributed by atoms with van der Waals surface area (Å²) in [5, 5.41) is 3.65. The number of rotatable bonds is 5. The molecule has 24 heavy (non-hydrogen) atoms. The van der Waals surface area contributed by atoms with Gasteiger partial charge < -0.3 is 19.7 Å². The van der Waals surface area contributed by atoms with Gasteiger partial charge in [-0.1, -0.05) is 29.3 Å². The highest BCUT2D eigenvalue weighted by atomic mass is 35.5. The van der Waals surface area contributed by atoms with E-state index in [2.05, 4.69) is 5.32 Å². The number of ether oxygens (including phenoxy) is 2. The van der Waals surface area contributed by atoms with E-state index in [0.717, 1.165) is 5.56 Å². The van der Waals surface area contributed by atoms with Crippen molar-refractivity contribution in [1.82, 2.24) is 10.2 Å². The molecule has 0 aliphatic carbocycles. The molecule has 1 atom stereocenters. The molecule has 0 aromatic heterocycles. The maximum Gasteiger partial charge on any atom is 0.317 e. The first-order chi connectivity index (χ1) is 11.5. The van der Waals surface area contributed by atoms with Gasteiger partial charge in [-0.2, -0.15) is 0 Å². The molecule has 1 aromatic rings. The Kier molecular flexibility index (Phi) is 7.15. The smallest absolute Gasteiger partial charge is 0.317 e. The van der Waals surface area contributed by atoms with E-state index in [1.165, 1.54) is 0 Å². The number of carbonyl (C=O) groups is 2. The van der Waals surface area contributed by atoms with Crippen LogP contribution in [0.25, 0.3) is 0 Å². The molecular weight excluding hydrogens is 355 g/mol. The summed E-state index contributed by atoms with van der Waals surface area (Å²) in [4.78, 5) is 25.1. The van der Waals surface area contributed by atoms with Crippen LogP contribution in [-0.2, 0) is 14.3 Å². The molecule has 1 aromatic carbocycles. The average Bonchev–Trinajstić information content (AvgIpc) is 2.57. The zero-order chi connectivity index (χ0) is 17.5. The Labute approximate surface area is 151 Å². The topological polar surface area (TPSA) is 67.9 Å². The summed E-state index contributed by atoms with van der Waals surface area (Å²) in [5.41, 5.74) is 0.869. The first-order valence-electron chi connectivity index (χ1n) is 7.76. The number of benzene rings is 1. The van der Waals surface area contributed by atoms with Gasteiger partial charge in [-0.05, 0) is 24.6 Å². The van der Waals surface area contributed by atoms with E-state index in [1.54, 1.807) is 24.0 Å². The number of nitrogens with zero attached hydrogens (tertiary/aromatic N) is 1. The third kappa shape index (κ3) is 5.26. The Balaban J connectivity index is 1.86. The summed E-state index contributed by atoms with van der Waals surface area (Å²) in [6.45, 7) is 3.64. The fourth-order valence-corrected chi connectivity index (χ4v) is 2.67. The first kappa shape index (κ1) is 18.8. The van der Waals surface area contributed by atoms with E-state index in [0.29, 0.717) is 36.3 Å². The van der Waals surface area contributed by atoms with Gasteiger partial charge in [0.25, 0.3) is 0 Å². The van der Waals surface area contributed by atoms with Crippen LogP contribution < -0.4 is 5.32 Å². The highest BCUT2D eigenvalue weighted by Gasteiger charge is 2.25. The van der Waals surface area contributed by atoms with Gasteiger partial charge in [-0.25, -0.2) is 4.79 Å². The second kappa shape index (κ2) is 9.11. The minimum atomic E-state index is -0.325. The summed E-state index contributed by atoms with van der Waals surface area (Å²) in [6.07, 6.45) is -0.107. The van der Waals surface area contributed by atoms with Crippen molar-refractivity contribution in [2.75, 3.05) is 32.8 Å². The third-order valence-corrected chi connectivity index (χ3v) is 4.32. The molecule has 6 nitrogen and oxygen atoms in total. The highest BCUT2D eigenvalue weighted by molar-refractivity contribution is 6.42. The highest BCUT2D eigenvalue weighted by Crippen LogP contribution is 2.29. The van der Waals surface area contributed by atoms with Gasteiger partial charge in [0, 0.05) is 13.1 Å². The summed E-state index contributed by atoms with van der Waals surface area (Å²) in [7, 11) is 0. The molecule has 0 bridgehead atoms. The van der Waals surface area contributed by atoms with Crippen LogP contribution in [0.15, 0.2) is 18.2 Å². The predicted octanol–water partition coefficient (Wildman–Crippen LogP) is 3.03. The van der Waals surface area contributed by atoms with Crippen molar-refractivity contribution in [1.29, 1.82) is 0 Å². The van der Waals surface area contributed by atoms with Crippen LogP contribution in [0.3, 0.4) is 0 Å². The van der Waals surface area contributed by atoms with Gasteiger partial charge in [0.15, 0.2) is 0 Å². The minimum Gasteiger partial charge on any atom is -0.466 e. The predicted molar refractivity (Wildman–Crippen MR) is 91.4 cm³/mol. The number of hydrogen-bond acceptors (Lipinski definition) is 4. The van der Waals surface area contributed by atoms with Crippen LogP contribution >= 0.6 is 23.2 Å². The molecule has 2 rings (SSSR count). The average molecular weight is 375 g/mol. The van der Waals surface area contributed by atoms with Gasteiger partial charge in [-0.15, -0.1) is 0 Å². The molecule has 1 heterocycles.